The van der Waals surface area contributed by atoms with Crippen molar-refractivity contribution in [2.75, 3.05) is 0 Å². The Labute approximate surface area is 72.8 Å². The molecule has 0 saturated heterocycles. The van der Waals surface area contributed by atoms with E-state index in [2.05, 4.69) is 5.10 Å². The van der Waals surface area contributed by atoms with Crippen molar-refractivity contribution in [3.8, 4) is 0 Å². The van der Waals surface area contributed by atoms with Crippen LogP contribution >= 0.6 is 0 Å². The molecule has 3 nitrogen and oxygen atoms in total. The summed E-state index contributed by atoms with van der Waals surface area (Å²) in [7, 11) is 1.48. The van der Waals surface area contributed by atoms with Gasteiger partial charge in [0.2, 0.25) is 0 Å². The van der Waals surface area contributed by atoms with Crippen LogP contribution in [0.15, 0.2) is 12.3 Å². The number of aryl methyl sites for hydroxylation is 1. The summed E-state index contributed by atoms with van der Waals surface area (Å²) in [6, 6.07) is 1.36. The Balaban J connectivity index is 2.69. The number of aliphatic hydroxyl groups is 1. The van der Waals surface area contributed by atoms with Gasteiger partial charge in [-0.15, -0.1) is 0 Å². The number of alkyl halides is 3. The van der Waals surface area contributed by atoms with E-state index in [4.69, 9.17) is 5.11 Å². The Kier molecular flexibility index (Phi) is 2.60. The molecule has 0 spiro atoms. The van der Waals surface area contributed by atoms with Crippen LogP contribution in [0.3, 0.4) is 0 Å². The predicted molar refractivity (Wildman–Crippen MR) is 38.8 cm³/mol. The van der Waals surface area contributed by atoms with E-state index < -0.39 is 18.7 Å². The molecule has 0 aromatic carbocycles. The molecule has 0 aliphatic heterocycles. The van der Waals surface area contributed by atoms with E-state index in [1.165, 1.54) is 24.0 Å². The molecule has 0 aliphatic carbocycles. The van der Waals surface area contributed by atoms with Gasteiger partial charge >= 0.3 is 6.18 Å². The lowest BCUT2D eigenvalue weighted by Gasteiger charge is -2.12. The van der Waals surface area contributed by atoms with E-state index >= 15 is 0 Å². The van der Waals surface area contributed by atoms with Crippen LogP contribution in [0.1, 0.15) is 18.2 Å². The molecule has 1 heterocycles. The molecule has 1 rings (SSSR count). The lowest BCUT2D eigenvalue weighted by atomic mass is 10.2. The summed E-state index contributed by atoms with van der Waals surface area (Å²) >= 11 is 0. The Bertz CT molecular complexity index is 282. The monoisotopic (exact) mass is 194 g/mol. The van der Waals surface area contributed by atoms with Crippen molar-refractivity contribution in [3.05, 3.63) is 18.0 Å². The lowest BCUT2D eigenvalue weighted by molar-refractivity contribution is -0.154. The Morgan fingerprint density at radius 2 is 2.23 bits per heavy atom. The molecule has 1 aromatic rings. The van der Waals surface area contributed by atoms with Crippen LogP contribution in [0, 0.1) is 0 Å². The molecule has 1 N–H and O–H groups in total. The summed E-state index contributed by atoms with van der Waals surface area (Å²) in [6.07, 6.45) is -5.79. The van der Waals surface area contributed by atoms with Gasteiger partial charge in [-0.2, -0.15) is 18.3 Å². The van der Waals surface area contributed by atoms with Crippen LogP contribution in [0.2, 0.25) is 0 Å². The highest BCUT2D eigenvalue weighted by Crippen LogP contribution is 2.28. The van der Waals surface area contributed by atoms with Gasteiger partial charge in [0.15, 0.2) is 0 Å². The van der Waals surface area contributed by atoms with Crippen LogP contribution < -0.4 is 0 Å². The Morgan fingerprint density at radius 3 is 2.62 bits per heavy atom. The summed E-state index contributed by atoms with van der Waals surface area (Å²) in [5.74, 6) is 0. The van der Waals surface area contributed by atoms with Gasteiger partial charge in [-0.25, -0.2) is 0 Å². The van der Waals surface area contributed by atoms with Gasteiger partial charge < -0.3 is 5.11 Å². The normalized spacial score (nSPS) is 14.5. The maximum Gasteiger partial charge on any atom is 0.391 e. The van der Waals surface area contributed by atoms with Crippen LogP contribution in [0.25, 0.3) is 0 Å². The molecule has 0 fully saturated rings. The first-order valence-corrected chi connectivity index (χ1v) is 3.63. The second-order valence-electron chi connectivity index (χ2n) is 2.71. The SMILES string of the molecule is Cn1nccc1C(O)CC(F)(F)F. The first-order valence-electron chi connectivity index (χ1n) is 3.63. The highest BCUT2D eigenvalue weighted by molar-refractivity contribution is 5.04. The standard InChI is InChI=1S/C7H9F3N2O/c1-12-5(2-3-11-12)6(13)4-7(8,9)10/h2-3,6,13H,4H2,1H3. The number of hydrogen-bond acceptors (Lipinski definition) is 2. The molecule has 1 unspecified atom stereocenters. The Hall–Kier alpha value is -1.04. The van der Waals surface area contributed by atoms with E-state index in [9.17, 15) is 13.2 Å². The quantitative estimate of drug-likeness (QED) is 0.772. The van der Waals surface area contributed by atoms with Crippen molar-refractivity contribution in [2.45, 2.75) is 18.7 Å². The Morgan fingerprint density at radius 1 is 1.62 bits per heavy atom. The molecule has 1 aromatic heterocycles. The molecule has 6 heteroatoms. The van der Waals surface area contributed by atoms with E-state index in [0.717, 1.165) is 0 Å². The zero-order chi connectivity index (χ0) is 10.1. The van der Waals surface area contributed by atoms with Gasteiger partial charge in [0.25, 0.3) is 0 Å². The highest BCUT2D eigenvalue weighted by Gasteiger charge is 2.32. The van der Waals surface area contributed by atoms with Gasteiger partial charge in [-0.05, 0) is 6.07 Å². The molecule has 74 valence electrons. The molecule has 0 aliphatic rings. The summed E-state index contributed by atoms with van der Waals surface area (Å²) < 4.78 is 36.7. The minimum atomic E-state index is -4.36. The number of aliphatic hydroxyl groups excluding tert-OH is 1. The number of aromatic nitrogens is 2. The molecule has 0 radical (unpaired) electrons. The molecular weight excluding hydrogens is 185 g/mol. The van der Waals surface area contributed by atoms with Crippen LogP contribution in [-0.4, -0.2) is 21.1 Å². The average Bonchev–Trinajstić information content (AvgIpc) is 2.30. The largest absolute Gasteiger partial charge is 0.391 e. The second kappa shape index (κ2) is 3.37. The summed E-state index contributed by atoms with van der Waals surface area (Å²) in [5.41, 5.74) is 0.164. The van der Waals surface area contributed by atoms with Crippen molar-refractivity contribution >= 4 is 0 Å². The van der Waals surface area contributed by atoms with Crippen molar-refractivity contribution in [3.63, 3.8) is 0 Å². The van der Waals surface area contributed by atoms with Crippen LogP contribution in [0.5, 0.6) is 0 Å². The molecule has 0 saturated carbocycles. The molecule has 0 amide bonds. The number of hydrogen-bond donors (Lipinski definition) is 1. The fraction of sp³-hybridized carbons (Fsp3) is 0.571. The van der Waals surface area contributed by atoms with Gasteiger partial charge in [0.05, 0.1) is 12.1 Å². The lowest BCUT2D eigenvalue weighted by Crippen LogP contribution is -2.15. The summed E-state index contributed by atoms with van der Waals surface area (Å²) in [4.78, 5) is 0. The van der Waals surface area contributed by atoms with Gasteiger partial charge in [0, 0.05) is 13.2 Å². The first kappa shape index (κ1) is 10.0. The molecule has 13 heavy (non-hydrogen) atoms. The molecule has 0 bridgehead atoms. The fourth-order valence-corrected chi connectivity index (χ4v) is 1.03. The van der Waals surface area contributed by atoms with Crippen LogP contribution in [0.4, 0.5) is 13.2 Å². The topological polar surface area (TPSA) is 38.0 Å². The smallest absolute Gasteiger partial charge is 0.386 e. The van der Waals surface area contributed by atoms with E-state index in [0.29, 0.717) is 0 Å². The highest BCUT2D eigenvalue weighted by atomic mass is 19.4. The summed E-state index contributed by atoms with van der Waals surface area (Å²) in [5, 5.41) is 12.8. The van der Waals surface area contributed by atoms with Crippen molar-refractivity contribution in [2.24, 2.45) is 7.05 Å². The van der Waals surface area contributed by atoms with Gasteiger partial charge in [-0.3, -0.25) is 4.68 Å². The van der Waals surface area contributed by atoms with Crippen molar-refractivity contribution in [1.82, 2.24) is 9.78 Å². The molecule has 1 atom stereocenters. The predicted octanol–water partition coefficient (Wildman–Crippen LogP) is 1.41. The number of nitrogens with zero attached hydrogens (tertiary/aromatic N) is 2. The zero-order valence-corrected chi connectivity index (χ0v) is 6.91. The zero-order valence-electron chi connectivity index (χ0n) is 6.91. The van der Waals surface area contributed by atoms with E-state index in [1.54, 1.807) is 0 Å². The third kappa shape index (κ3) is 2.73. The number of halogens is 3. The molecular formula is C7H9F3N2O. The van der Waals surface area contributed by atoms with Crippen LogP contribution in [-0.2, 0) is 7.05 Å². The summed E-state index contributed by atoms with van der Waals surface area (Å²) in [6.45, 7) is 0. The van der Waals surface area contributed by atoms with Gasteiger partial charge in [-0.1, -0.05) is 0 Å². The maximum atomic E-state index is 11.8. The van der Waals surface area contributed by atoms with Gasteiger partial charge in [0.1, 0.15) is 6.10 Å². The first-order chi connectivity index (χ1) is 5.90. The second-order valence-corrected chi connectivity index (χ2v) is 2.71. The van der Waals surface area contributed by atoms with E-state index in [-0.39, 0.29) is 5.69 Å². The van der Waals surface area contributed by atoms with Crippen molar-refractivity contribution < 1.29 is 18.3 Å². The van der Waals surface area contributed by atoms with E-state index in [1.807, 2.05) is 0 Å². The maximum absolute atomic E-state index is 11.8. The third-order valence-electron chi connectivity index (χ3n) is 1.63. The number of rotatable bonds is 2. The fourth-order valence-electron chi connectivity index (χ4n) is 1.03. The third-order valence-corrected chi connectivity index (χ3v) is 1.63. The van der Waals surface area contributed by atoms with Crippen molar-refractivity contribution in [1.29, 1.82) is 0 Å². The minimum Gasteiger partial charge on any atom is -0.386 e. The average molecular weight is 194 g/mol. The minimum absolute atomic E-state index is 0.164.